The van der Waals surface area contributed by atoms with Crippen molar-refractivity contribution in [2.24, 2.45) is 5.92 Å². The zero-order chi connectivity index (χ0) is 22.9. The molecule has 1 saturated carbocycles. The number of hydrogen-bond acceptors (Lipinski definition) is 4. The molecule has 32 heavy (non-hydrogen) atoms. The summed E-state index contributed by atoms with van der Waals surface area (Å²) in [5.74, 6) is -1.00. The molecular formula is C25H31FN2O4. The molecule has 1 aliphatic rings. The Morgan fingerprint density at radius 3 is 2.59 bits per heavy atom. The Morgan fingerprint density at radius 2 is 1.94 bits per heavy atom. The highest BCUT2D eigenvalue weighted by Crippen LogP contribution is 2.31. The number of benzene rings is 2. The molecule has 7 heteroatoms. The van der Waals surface area contributed by atoms with Crippen LogP contribution in [0.3, 0.4) is 0 Å². The first-order valence-electron chi connectivity index (χ1n) is 11.2. The van der Waals surface area contributed by atoms with Gasteiger partial charge in [0.2, 0.25) is 0 Å². The van der Waals surface area contributed by atoms with Crippen molar-refractivity contribution in [2.75, 3.05) is 26.3 Å². The molecule has 0 radical (unpaired) electrons. The van der Waals surface area contributed by atoms with Gasteiger partial charge in [-0.3, -0.25) is 9.59 Å². The minimum atomic E-state index is -0.665. The number of hydrogen-bond donors (Lipinski definition) is 2. The van der Waals surface area contributed by atoms with E-state index >= 15 is 0 Å². The molecule has 3 rings (SSSR count). The van der Waals surface area contributed by atoms with E-state index in [1.54, 1.807) is 4.90 Å². The number of carbonyl (C=O) groups excluding carboxylic acids is 2. The lowest BCUT2D eigenvalue weighted by Crippen LogP contribution is -2.41. The van der Waals surface area contributed by atoms with Crippen molar-refractivity contribution in [3.8, 4) is 5.75 Å². The maximum atomic E-state index is 14.6. The second-order valence-corrected chi connectivity index (χ2v) is 8.23. The lowest BCUT2D eigenvalue weighted by molar-refractivity contribution is -0.124. The summed E-state index contributed by atoms with van der Waals surface area (Å²) >= 11 is 0. The fourth-order valence-electron chi connectivity index (χ4n) is 3.62. The molecule has 172 valence electrons. The summed E-state index contributed by atoms with van der Waals surface area (Å²) in [6.45, 7) is 2.52. The van der Waals surface area contributed by atoms with Crippen LogP contribution in [0.15, 0.2) is 48.5 Å². The minimum absolute atomic E-state index is 0.0469. The highest BCUT2D eigenvalue weighted by molar-refractivity contribution is 5.97. The van der Waals surface area contributed by atoms with Crippen LogP contribution in [0.1, 0.15) is 42.1 Å². The van der Waals surface area contributed by atoms with E-state index in [0.717, 1.165) is 24.8 Å². The first kappa shape index (κ1) is 23.7. The van der Waals surface area contributed by atoms with E-state index in [2.05, 4.69) is 5.32 Å². The predicted molar refractivity (Wildman–Crippen MR) is 120 cm³/mol. The smallest absolute Gasteiger partial charge is 0.260 e. The summed E-state index contributed by atoms with van der Waals surface area (Å²) in [6, 6.07) is 13.2. The van der Waals surface area contributed by atoms with Crippen LogP contribution in [0.2, 0.25) is 0 Å². The molecule has 1 fully saturated rings. The third kappa shape index (κ3) is 6.79. The molecule has 0 saturated heterocycles. The van der Waals surface area contributed by atoms with Gasteiger partial charge in [-0.25, -0.2) is 4.39 Å². The largest absolute Gasteiger partial charge is 0.483 e. The quantitative estimate of drug-likeness (QED) is 0.529. The van der Waals surface area contributed by atoms with Gasteiger partial charge in [-0.1, -0.05) is 43.3 Å². The average molecular weight is 443 g/mol. The monoisotopic (exact) mass is 442 g/mol. The molecule has 1 aliphatic carbocycles. The van der Waals surface area contributed by atoms with Crippen molar-refractivity contribution in [1.29, 1.82) is 0 Å². The van der Waals surface area contributed by atoms with Crippen LogP contribution in [0, 0.1) is 11.7 Å². The lowest BCUT2D eigenvalue weighted by Gasteiger charge is -2.23. The number of ether oxygens (including phenoxy) is 1. The van der Waals surface area contributed by atoms with E-state index in [-0.39, 0.29) is 24.5 Å². The topological polar surface area (TPSA) is 78.9 Å². The zero-order valence-corrected chi connectivity index (χ0v) is 18.4. The van der Waals surface area contributed by atoms with Crippen molar-refractivity contribution < 1.29 is 23.8 Å². The van der Waals surface area contributed by atoms with Gasteiger partial charge in [0.1, 0.15) is 17.1 Å². The SMILES string of the molecule is CCCN(CC1CC1)C(=O)c1c(F)cccc1OCC(=O)N[C@H](CO)Cc1ccccc1. The van der Waals surface area contributed by atoms with E-state index in [1.165, 1.54) is 18.2 Å². The number of aliphatic hydroxyl groups excluding tert-OH is 1. The summed E-state index contributed by atoms with van der Waals surface area (Å²) in [4.78, 5) is 27.2. The average Bonchev–Trinajstić information content (AvgIpc) is 3.61. The van der Waals surface area contributed by atoms with Gasteiger partial charge in [0.05, 0.1) is 12.6 Å². The van der Waals surface area contributed by atoms with Gasteiger partial charge >= 0.3 is 0 Å². The Bertz CT molecular complexity index is 902. The summed E-state index contributed by atoms with van der Waals surface area (Å²) in [5, 5.41) is 12.3. The molecule has 0 aromatic heterocycles. The minimum Gasteiger partial charge on any atom is -0.483 e. The number of halogens is 1. The molecule has 2 N–H and O–H groups in total. The highest BCUT2D eigenvalue weighted by Gasteiger charge is 2.29. The Morgan fingerprint density at radius 1 is 1.19 bits per heavy atom. The number of rotatable bonds is 12. The van der Waals surface area contributed by atoms with E-state index in [1.807, 2.05) is 37.3 Å². The molecule has 0 aliphatic heterocycles. The number of aliphatic hydroxyl groups is 1. The second kappa shape index (κ2) is 11.6. The number of amides is 2. The van der Waals surface area contributed by atoms with E-state index in [0.29, 0.717) is 25.4 Å². The van der Waals surface area contributed by atoms with Crippen LogP contribution in [-0.4, -0.2) is 54.2 Å². The molecule has 0 unspecified atom stereocenters. The van der Waals surface area contributed by atoms with Crippen LogP contribution >= 0.6 is 0 Å². The molecule has 0 spiro atoms. The van der Waals surface area contributed by atoms with Crippen LogP contribution in [0.5, 0.6) is 5.75 Å². The maximum absolute atomic E-state index is 14.6. The van der Waals surface area contributed by atoms with Gasteiger partial charge in [-0.15, -0.1) is 0 Å². The number of nitrogens with zero attached hydrogens (tertiary/aromatic N) is 1. The van der Waals surface area contributed by atoms with E-state index in [4.69, 9.17) is 4.74 Å². The second-order valence-electron chi connectivity index (χ2n) is 8.23. The van der Waals surface area contributed by atoms with E-state index in [9.17, 15) is 19.1 Å². The predicted octanol–water partition coefficient (Wildman–Crippen LogP) is 3.19. The standard InChI is InChI=1S/C25H31FN2O4/c1-2-13-28(15-19-11-12-19)25(31)24-21(26)9-6-10-22(24)32-17-23(30)27-20(16-29)14-18-7-4-3-5-8-18/h3-10,19-20,29H,2,11-17H2,1H3,(H,27,30)/t20-/m0/s1. The van der Waals surface area contributed by atoms with Crippen molar-refractivity contribution in [3.05, 3.63) is 65.5 Å². The summed E-state index contributed by atoms with van der Waals surface area (Å²) in [5.41, 5.74) is 0.842. The Kier molecular flexibility index (Phi) is 8.62. The van der Waals surface area contributed by atoms with Gasteiger partial charge in [0, 0.05) is 13.1 Å². The molecule has 2 amide bonds. The van der Waals surface area contributed by atoms with Gasteiger partial charge in [0.15, 0.2) is 6.61 Å². The molecule has 6 nitrogen and oxygen atoms in total. The highest BCUT2D eigenvalue weighted by atomic mass is 19.1. The number of carbonyl (C=O) groups is 2. The first-order valence-corrected chi connectivity index (χ1v) is 11.2. The third-order valence-electron chi connectivity index (χ3n) is 5.41. The molecule has 0 bridgehead atoms. The Labute approximate surface area is 188 Å². The van der Waals surface area contributed by atoms with Crippen molar-refractivity contribution in [2.45, 2.75) is 38.6 Å². The van der Waals surface area contributed by atoms with Gasteiger partial charge in [0.25, 0.3) is 11.8 Å². The van der Waals surface area contributed by atoms with Gasteiger partial charge < -0.3 is 20.1 Å². The van der Waals surface area contributed by atoms with Crippen LogP contribution in [0.4, 0.5) is 4.39 Å². The van der Waals surface area contributed by atoms with Crippen LogP contribution < -0.4 is 10.1 Å². The van der Waals surface area contributed by atoms with Crippen LogP contribution in [-0.2, 0) is 11.2 Å². The Balaban J connectivity index is 1.63. The molecule has 2 aromatic carbocycles. The zero-order valence-electron chi connectivity index (χ0n) is 18.4. The molecular weight excluding hydrogens is 411 g/mol. The summed E-state index contributed by atoms with van der Waals surface area (Å²) in [6.07, 6.45) is 3.42. The lowest BCUT2D eigenvalue weighted by atomic mass is 10.1. The van der Waals surface area contributed by atoms with E-state index < -0.39 is 23.7 Å². The third-order valence-corrected chi connectivity index (χ3v) is 5.41. The number of nitrogens with one attached hydrogen (secondary N) is 1. The molecule has 1 atom stereocenters. The summed E-state index contributed by atoms with van der Waals surface area (Å²) in [7, 11) is 0. The molecule has 2 aromatic rings. The first-order chi connectivity index (χ1) is 15.5. The van der Waals surface area contributed by atoms with Gasteiger partial charge in [-0.2, -0.15) is 0 Å². The van der Waals surface area contributed by atoms with Crippen molar-refractivity contribution >= 4 is 11.8 Å². The van der Waals surface area contributed by atoms with Crippen LogP contribution in [0.25, 0.3) is 0 Å². The fraction of sp³-hybridized carbons (Fsp3) is 0.440. The maximum Gasteiger partial charge on any atom is 0.260 e. The normalized spacial score (nSPS) is 14.0. The summed E-state index contributed by atoms with van der Waals surface area (Å²) < 4.78 is 20.2. The van der Waals surface area contributed by atoms with Gasteiger partial charge in [-0.05, 0) is 49.3 Å². The van der Waals surface area contributed by atoms with Crippen molar-refractivity contribution in [1.82, 2.24) is 10.2 Å². The molecule has 0 heterocycles. The fourth-order valence-corrected chi connectivity index (χ4v) is 3.62. The van der Waals surface area contributed by atoms with Crippen molar-refractivity contribution in [3.63, 3.8) is 0 Å². The Hall–Kier alpha value is -2.93.